The predicted molar refractivity (Wildman–Crippen MR) is 117 cm³/mol. The Morgan fingerprint density at radius 2 is 1.69 bits per heavy atom. The van der Waals surface area contributed by atoms with Crippen LogP contribution in [0.4, 0.5) is 0 Å². The van der Waals surface area contributed by atoms with Crippen LogP contribution >= 0.6 is 0 Å². The van der Waals surface area contributed by atoms with E-state index in [0.29, 0.717) is 12.5 Å². The van der Waals surface area contributed by atoms with E-state index in [1.165, 1.54) is 7.11 Å². The van der Waals surface area contributed by atoms with Crippen LogP contribution in [-0.2, 0) is 9.53 Å². The van der Waals surface area contributed by atoms with Crippen molar-refractivity contribution in [3.63, 3.8) is 0 Å². The third-order valence-electron chi connectivity index (χ3n) is 5.33. The zero-order chi connectivity index (χ0) is 20.9. The number of fused-ring (bicyclic) bond motifs is 1. The summed E-state index contributed by atoms with van der Waals surface area (Å²) >= 11 is 0. The van der Waals surface area contributed by atoms with Crippen molar-refractivity contribution in [2.45, 2.75) is 40.0 Å². The van der Waals surface area contributed by atoms with Gasteiger partial charge in [-0.2, -0.15) is 0 Å². The first-order valence-corrected chi connectivity index (χ1v) is 10.1. The molecular weight excluding hydrogens is 362 g/mol. The molecule has 1 heterocycles. The van der Waals surface area contributed by atoms with Gasteiger partial charge in [-0.3, -0.25) is 4.79 Å². The number of para-hydroxylation sites is 1. The van der Waals surface area contributed by atoms with E-state index in [1.54, 1.807) is 0 Å². The fraction of sp³-hybridized carbons (Fsp3) is 0.360. The second-order valence-corrected chi connectivity index (χ2v) is 7.98. The number of ether oxygens (including phenoxy) is 2. The molecule has 0 aliphatic heterocycles. The average molecular weight is 392 g/mol. The maximum Gasteiger partial charge on any atom is 0.311 e. The quantitative estimate of drug-likeness (QED) is 0.351. The molecule has 0 amide bonds. The van der Waals surface area contributed by atoms with Crippen LogP contribution in [0.25, 0.3) is 22.0 Å². The first-order chi connectivity index (χ1) is 13.9. The van der Waals surface area contributed by atoms with Crippen LogP contribution in [0.2, 0.25) is 0 Å². The van der Waals surface area contributed by atoms with Gasteiger partial charge < -0.3 is 9.47 Å². The van der Waals surface area contributed by atoms with E-state index in [4.69, 9.17) is 14.5 Å². The van der Waals surface area contributed by atoms with E-state index in [1.807, 2.05) is 50.2 Å². The van der Waals surface area contributed by atoms with Crippen molar-refractivity contribution >= 4 is 16.9 Å². The smallest absolute Gasteiger partial charge is 0.311 e. The zero-order valence-electron chi connectivity index (χ0n) is 17.7. The first kappa shape index (κ1) is 20.8. The van der Waals surface area contributed by atoms with E-state index >= 15 is 0 Å². The van der Waals surface area contributed by atoms with Crippen molar-refractivity contribution in [3.05, 3.63) is 60.2 Å². The Kier molecular flexibility index (Phi) is 6.53. The van der Waals surface area contributed by atoms with Crippen molar-refractivity contribution in [1.82, 2.24) is 4.98 Å². The Bertz CT molecular complexity index is 980. The highest BCUT2D eigenvalue weighted by molar-refractivity contribution is 5.97. The Labute approximate surface area is 172 Å². The molecule has 0 bridgehead atoms. The van der Waals surface area contributed by atoms with E-state index in [0.717, 1.165) is 46.9 Å². The van der Waals surface area contributed by atoms with Gasteiger partial charge in [-0.1, -0.05) is 48.5 Å². The lowest BCUT2D eigenvalue weighted by Gasteiger charge is -2.21. The maximum atomic E-state index is 11.8. The zero-order valence-corrected chi connectivity index (χ0v) is 17.7. The van der Waals surface area contributed by atoms with Gasteiger partial charge in [-0.15, -0.1) is 0 Å². The summed E-state index contributed by atoms with van der Waals surface area (Å²) in [4.78, 5) is 16.5. The van der Waals surface area contributed by atoms with Crippen LogP contribution in [0.1, 0.15) is 38.7 Å². The molecule has 4 heteroatoms. The Hall–Kier alpha value is -2.88. The van der Waals surface area contributed by atoms with Crippen LogP contribution in [0.3, 0.4) is 0 Å². The number of methoxy groups -OCH3 is 1. The minimum Gasteiger partial charge on any atom is -0.477 e. The monoisotopic (exact) mass is 391 g/mol. The lowest BCUT2D eigenvalue weighted by molar-refractivity contribution is -0.151. The summed E-state index contributed by atoms with van der Waals surface area (Å²) in [6.07, 6.45) is 2.51. The Morgan fingerprint density at radius 3 is 2.41 bits per heavy atom. The number of hydrogen-bond donors (Lipinski definition) is 0. The van der Waals surface area contributed by atoms with Gasteiger partial charge in [0, 0.05) is 10.9 Å². The molecule has 29 heavy (non-hydrogen) atoms. The summed E-state index contributed by atoms with van der Waals surface area (Å²) in [6, 6.07) is 18.5. The molecule has 0 unspecified atom stereocenters. The number of hydrogen-bond acceptors (Lipinski definition) is 4. The van der Waals surface area contributed by atoms with Crippen molar-refractivity contribution < 1.29 is 14.3 Å². The van der Waals surface area contributed by atoms with Crippen LogP contribution in [0.15, 0.2) is 54.6 Å². The molecule has 0 atom stereocenters. The van der Waals surface area contributed by atoms with Gasteiger partial charge in [0.1, 0.15) is 0 Å². The van der Waals surface area contributed by atoms with Crippen molar-refractivity contribution in [2.75, 3.05) is 13.7 Å². The second kappa shape index (κ2) is 9.08. The van der Waals surface area contributed by atoms with Gasteiger partial charge in [0.05, 0.1) is 24.6 Å². The van der Waals surface area contributed by atoms with Gasteiger partial charge in [-0.05, 0) is 57.2 Å². The third kappa shape index (κ3) is 4.76. The third-order valence-corrected chi connectivity index (χ3v) is 5.33. The number of esters is 1. The highest BCUT2D eigenvalue weighted by Gasteiger charge is 2.27. The molecular formula is C25H29NO3. The molecule has 0 fully saturated rings. The summed E-state index contributed by atoms with van der Waals surface area (Å²) in [5.41, 5.74) is 3.83. The molecule has 0 N–H and O–H groups in total. The topological polar surface area (TPSA) is 48.4 Å². The minimum absolute atomic E-state index is 0.169. The maximum absolute atomic E-state index is 11.8. The van der Waals surface area contributed by atoms with Gasteiger partial charge in [0.15, 0.2) is 0 Å². The fourth-order valence-electron chi connectivity index (χ4n) is 3.62. The van der Waals surface area contributed by atoms with Crippen LogP contribution in [0.5, 0.6) is 5.88 Å². The second-order valence-electron chi connectivity index (χ2n) is 7.98. The molecule has 0 spiro atoms. The van der Waals surface area contributed by atoms with Gasteiger partial charge in [0.2, 0.25) is 5.88 Å². The van der Waals surface area contributed by atoms with Gasteiger partial charge >= 0.3 is 5.97 Å². The molecule has 0 aliphatic carbocycles. The van der Waals surface area contributed by atoms with E-state index in [2.05, 4.69) is 25.1 Å². The Balaban J connectivity index is 1.75. The molecule has 3 aromatic rings. The summed E-state index contributed by atoms with van der Waals surface area (Å²) in [5, 5.41) is 1.13. The summed E-state index contributed by atoms with van der Waals surface area (Å²) in [7, 11) is 1.44. The summed E-state index contributed by atoms with van der Waals surface area (Å²) in [5.74, 6) is 0.507. The SMILES string of the molecule is COC(=O)C(C)(C)CCCCOc1nc2ccccc2c(-c2ccccc2)c1C. The molecule has 0 aliphatic rings. The van der Waals surface area contributed by atoms with Gasteiger partial charge in [-0.25, -0.2) is 4.98 Å². The Morgan fingerprint density at radius 1 is 1.00 bits per heavy atom. The van der Waals surface area contributed by atoms with E-state index < -0.39 is 5.41 Å². The average Bonchev–Trinajstić information content (AvgIpc) is 2.73. The summed E-state index contributed by atoms with van der Waals surface area (Å²) < 4.78 is 11.0. The lowest BCUT2D eigenvalue weighted by Crippen LogP contribution is -2.25. The van der Waals surface area contributed by atoms with Crippen molar-refractivity contribution in [3.8, 4) is 17.0 Å². The number of benzene rings is 2. The van der Waals surface area contributed by atoms with Crippen LogP contribution in [0, 0.1) is 12.3 Å². The molecule has 0 radical (unpaired) electrons. The van der Waals surface area contributed by atoms with E-state index in [9.17, 15) is 4.79 Å². The highest BCUT2D eigenvalue weighted by atomic mass is 16.5. The molecule has 0 saturated heterocycles. The first-order valence-electron chi connectivity index (χ1n) is 10.1. The number of carbonyl (C=O) groups is 1. The van der Waals surface area contributed by atoms with Gasteiger partial charge in [0.25, 0.3) is 0 Å². The molecule has 4 nitrogen and oxygen atoms in total. The van der Waals surface area contributed by atoms with Crippen molar-refractivity contribution in [1.29, 1.82) is 0 Å². The number of nitrogens with zero attached hydrogens (tertiary/aromatic N) is 1. The fourth-order valence-corrected chi connectivity index (χ4v) is 3.62. The number of rotatable bonds is 8. The van der Waals surface area contributed by atoms with Crippen LogP contribution in [-0.4, -0.2) is 24.7 Å². The molecule has 2 aromatic carbocycles. The lowest BCUT2D eigenvalue weighted by atomic mass is 9.87. The molecule has 3 rings (SSSR count). The summed E-state index contributed by atoms with van der Waals surface area (Å²) in [6.45, 7) is 6.47. The van der Waals surface area contributed by atoms with E-state index in [-0.39, 0.29) is 5.97 Å². The highest BCUT2D eigenvalue weighted by Crippen LogP contribution is 2.35. The number of unbranched alkanes of at least 4 members (excludes halogenated alkanes) is 1. The van der Waals surface area contributed by atoms with Crippen molar-refractivity contribution in [2.24, 2.45) is 5.41 Å². The van der Waals surface area contributed by atoms with Crippen LogP contribution < -0.4 is 4.74 Å². The molecule has 0 saturated carbocycles. The molecule has 1 aromatic heterocycles. The number of pyridine rings is 1. The number of carbonyl (C=O) groups excluding carboxylic acids is 1. The number of aromatic nitrogens is 1. The normalized spacial score (nSPS) is 11.4. The molecule has 152 valence electrons. The largest absolute Gasteiger partial charge is 0.477 e. The predicted octanol–water partition coefficient (Wildman–Crippen LogP) is 5.96. The standard InChI is InChI=1S/C25H29NO3/c1-18-22(19-12-6-5-7-13-19)20-14-8-9-15-21(20)26-23(18)29-17-11-10-16-25(2,3)24(27)28-4/h5-9,12-15H,10-11,16-17H2,1-4H3. The minimum atomic E-state index is -0.466.